The molecular weight excluding hydrogens is 208 g/mol. The quantitative estimate of drug-likeness (QED) is 0.819. The molecule has 0 bridgehead atoms. The smallest absolute Gasteiger partial charge is 0.228 e. The lowest BCUT2D eigenvalue weighted by molar-refractivity contribution is -0.115. The molecule has 16 heavy (non-hydrogen) atoms. The minimum Gasteiger partial charge on any atom is -0.508 e. The van der Waals surface area contributed by atoms with Crippen molar-refractivity contribution in [2.45, 2.75) is 6.42 Å². The van der Waals surface area contributed by atoms with Gasteiger partial charge in [0.25, 0.3) is 0 Å². The van der Waals surface area contributed by atoms with E-state index in [1.165, 1.54) is 12.5 Å². The monoisotopic (exact) mass is 218 g/mol. The molecular formula is C11H10N2O3. The number of carbonyl (C=O) groups is 1. The van der Waals surface area contributed by atoms with Crippen molar-refractivity contribution in [3.8, 4) is 5.75 Å². The van der Waals surface area contributed by atoms with Crippen LogP contribution in [0.2, 0.25) is 0 Å². The van der Waals surface area contributed by atoms with E-state index in [0.29, 0.717) is 5.69 Å². The van der Waals surface area contributed by atoms with E-state index in [-0.39, 0.29) is 18.1 Å². The number of carbonyl (C=O) groups excluding carboxylic acids is 1. The summed E-state index contributed by atoms with van der Waals surface area (Å²) in [7, 11) is 0. The fourth-order valence-corrected chi connectivity index (χ4v) is 1.32. The van der Waals surface area contributed by atoms with Crippen molar-refractivity contribution in [3.05, 3.63) is 42.3 Å². The van der Waals surface area contributed by atoms with Gasteiger partial charge < -0.3 is 14.9 Å². The van der Waals surface area contributed by atoms with Crippen molar-refractivity contribution in [2.24, 2.45) is 0 Å². The lowest BCUT2D eigenvalue weighted by atomic mass is 10.1. The van der Waals surface area contributed by atoms with Gasteiger partial charge in [0.1, 0.15) is 17.7 Å². The average Bonchev–Trinajstić information content (AvgIpc) is 2.70. The fraction of sp³-hybridized carbons (Fsp3) is 0.0909. The highest BCUT2D eigenvalue weighted by molar-refractivity contribution is 5.91. The number of rotatable bonds is 3. The minimum atomic E-state index is -0.186. The molecule has 2 N–H and O–H groups in total. The van der Waals surface area contributed by atoms with Crippen molar-refractivity contribution in [3.63, 3.8) is 0 Å². The van der Waals surface area contributed by atoms with Gasteiger partial charge in [-0.1, -0.05) is 17.3 Å². The summed E-state index contributed by atoms with van der Waals surface area (Å²) < 4.78 is 4.58. The third-order valence-electron chi connectivity index (χ3n) is 1.99. The second kappa shape index (κ2) is 4.48. The first-order valence-corrected chi connectivity index (χ1v) is 4.71. The van der Waals surface area contributed by atoms with E-state index in [4.69, 9.17) is 0 Å². The maximum atomic E-state index is 11.5. The molecule has 0 saturated carbocycles. The molecule has 2 rings (SSSR count). The van der Waals surface area contributed by atoms with Crippen LogP contribution in [0.15, 0.2) is 41.2 Å². The van der Waals surface area contributed by atoms with Crippen LogP contribution in [-0.2, 0) is 11.2 Å². The molecule has 0 spiro atoms. The number of amides is 1. The number of aromatic nitrogens is 1. The Morgan fingerprint density at radius 3 is 3.06 bits per heavy atom. The second-order valence-corrected chi connectivity index (χ2v) is 3.31. The van der Waals surface area contributed by atoms with Crippen molar-refractivity contribution in [1.82, 2.24) is 5.16 Å². The van der Waals surface area contributed by atoms with Gasteiger partial charge in [0.2, 0.25) is 5.91 Å². The summed E-state index contributed by atoms with van der Waals surface area (Å²) in [6.07, 6.45) is 2.96. The second-order valence-electron chi connectivity index (χ2n) is 3.31. The van der Waals surface area contributed by atoms with Gasteiger partial charge in [-0.25, -0.2) is 0 Å². The van der Waals surface area contributed by atoms with Crippen LogP contribution >= 0.6 is 0 Å². The number of aromatic hydroxyl groups is 1. The molecule has 0 aliphatic rings. The molecule has 0 saturated heterocycles. The van der Waals surface area contributed by atoms with Crippen LogP contribution in [0, 0.1) is 0 Å². The first kappa shape index (κ1) is 10.2. The van der Waals surface area contributed by atoms with Gasteiger partial charge in [-0.2, -0.15) is 0 Å². The zero-order valence-electron chi connectivity index (χ0n) is 8.38. The van der Waals surface area contributed by atoms with E-state index in [0.717, 1.165) is 5.56 Å². The molecule has 0 unspecified atom stereocenters. The highest BCUT2D eigenvalue weighted by Gasteiger charge is 2.05. The van der Waals surface area contributed by atoms with Crippen molar-refractivity contribution in [2.75, 3.05) is 5.32 Å². The molecule has 82 valence electrons. The zero-order valence-corrected chi connectivity index (χ0v) is 8.38. The van der Waals surface area contributed by atoms with Crippen molar-refractivity contribution >= 4 is 11.6 Å². The van der Waals surface area contributed by atoms with Crippen LogP contribution in [0.4, 0.5) is 5.69 Å². The van der Waals surface area contributed by atoms with Crippen LogP contribution in [0.5, 0.6) is 5.75 Å². The van der Waals surface area contributed by atoms with Gasteiger partial charge in [0.05, 0.1) is 12.6 Å². The molecule has 0 aliphatic heterocycles. The van der Waals surface area contributed by atoms with Crippen LogP contribution in [-0.4, -0.2) is 16.2 Å². The molecule has 0 aliphatic carbocycles. The maximum Gasteiger partial charge on any atom is 0.228 e. The van der Waals surface area contributed by atoms with Crippen LogP contribution in [0.25, 0.3) is 0 Å². The summed E-state index contributed by atoms with van der Waals surface area (Å²) in [5.41, 5.74) is 1.26. The molecule has 1 amide bonds. The Kier molecular flexibility index (Phi) is 2.86. The highest BCUT2D eigenvalue weighted by atomic mass is 16.5. The summed E-state index contributed by atoms with van der Waals surface area (Å²) in [6.45, 7) is 0. The topological polar surface area (TPSA) is 75.4 Å². The molecule has 2 aromatic rings. The third kappa shape index (κ3) is 2.60. The lowest BCUT2D eigenvalue weighted by Crippen LogP contribution is -2.13. The van der Waals surface area contributed by atoms with Crippen LogP contribution in [0.3, 0.4) is 0 Å². The van der Waals surface area contributed by atoms with Gasteiger partial charge in [-0.05, 0) is 17.7 Å². The Balaban J connectivity index is 1.97. The number of hydrogen-bond donors (Lipinski definition) is 2. The molecule has 5 heteroatoms. The summed E-state index contributed by atoms with van der Waals surface area (Å²) >= 11 is 0. The summed E-state index contributed by atoms with van der Waals surface area (Å²) in [4.78, 5) is 11.5. The van der Waals surface area contributed by atoms with Gasteiger partial charge in [0.15, 0.2) is 0 Å². The van der Waals surface area contributed by atoms with Gasteiger partial charge >= 0.3 is 0 Å². The van der Waals surface area contributed by atoms with E-state index in [9.17, 15) is 9.90 Å². The normalized spacial score (nSPS) is 10.0. The Morgan fingerprint density at radius 1 is 1.50 bits per heavy atom. The average molecular weight is 218 g/mol. The molecule has 0 atom stereocenters. The number of anilines is 1. The Morgan fingerprint density at radius 2 is 2.38 bits per heavy atom. The van der Waals surface area contributed by atoms with Gasteiger partial charge in [-0.3, -0.25) is 4.79 Å². The predicted molar refractivity (Wildman–Crippen MR) is 56.9 cm³/mol. The third-order valence-corrected chi connectivity index (χ3v) is 1.99. The first-order chi connectivity index (χ1) is 7.74. The number of nitrogens with one attached hydrogen (secondary N) is 1. The Labute approximate surface area is 91.7 Å². The van der Waals surface area contributed by atoms with E-state index in [1.54, 1.807) is 24.3 Å². The Hall–Kier alpha value is -2.30. The lowest BCUT2D eigenvalue weighted by Gasteiger charge is -2.02. The molecule has 5 nitrogen and oxygen atoms in total. The van der Waals surface area contributed by atoms with E-state index in [2.05, 4.69) is 15.0 Å². The highest BCUT2D eigenvalue weighted by Crippen LogP contribution is 2.12. The van der Waals surface area contributed by atoms with E-state index < -0.39 is 0 Å². The summed E-state index contributed by atoms with van der Waals surface area (Å²) in [5, 5.41) is 15.3. The Bertz CT molecular complexity index is 480. The number of phenols is 1. The largest absolute Gasteiger partial charge is 0.508 e. The predicted octanol–water partition coefficient (Wildman–Crippen LogP) is 1.56. The first-order valence-electron chi connectivity index (χ1n) is 4.71. The summed E-state index contributed by atoms with van der Waals surface area (Å²) in [6, 6.07) is 6.57. The maximum absolute atomic E-state index is 11.5. The molecule has 0 radical (unpaired) electrons. The zero-order chi connectivity index (χ0) is 11.4. The van der Waals surface area contributed by atoms with E-state index >= 15 is 0 Å². The summed E-state index contributed by atoms with van der Waals surface area (Å²) in [5.74, 6) is -0.0379. The number of hydrogen-bond acceptors (Lipinski definition) is 4. The molecule has 1 aromatic carbocycles. The SMILES string of the molecule is O=C(Cc1cccc(O)c1)Nc1cnoc1. The van der Waals surface area contributed by atoms with Crippen LogP contribution in [0.1, 0.15) is 5.56 Å². The van der Waals surface area contributed by atoms with Crippen LogP contribution < -0.4 is 5.32 Å². The fourth-order valence-electron chi connectivity index (χ4n) is 1.32. The number of phenolic OH excluding ortho intramolecular Hbond substituents is 1. The van der Waals surface area contributed by atoms with Gasteiger partial charge in [0, 0.05) is 0 Å². The van der Waals surface area contributed by atoms with Crippen molar-refractivity contribution in [1.29, 1.82) is 0 Å². The van der Waals surface area contributed by atoms with E-state index in [1.807, 2.05) is 0 Å². The standard InChI is InChI=1S/C11H10N2O3/c14-10-3-1-2-8(4-10)5-11(15)13-9-6-12-16-7-9/h1-4,6-7,14H,5H2,(H,13,15). The number of nitrogens with zero attached hydrogens (tertiary/aromatic N) is 1. The van der Waals surface area contributed by atoms with Gasteiger partial charge in [-0.15, -0.1) is 0 Å². The molecule has 0 fully saturated rings. The molecule has 1 aromatic heterocycles. The minimum absolute atomic E-state index is 0.148. The number of benzene rings is 1. The van der Waals surface area contributed by atoms with Crippen molar-refractivity contribution < 1.29 is 14.4 Å². The molecule has 1 heterocycles.